The molecule has 2 aliphatic rings. The first kappa shape index (κ1) is 18.0. The molecule has 7 heteroatoms. The molecular formula is C18H27BN4O2. The predicted octanol–water partition coefficient (Wildman–Crippen LogP) is 1.67. The number of amides is 1. The van der Waals surface area contributed by atoms with Crippen LogP contribution in [0.3, 0.4) is 0 Å². The molecule has 0 bridgehead atoms. The first-order valence-electron chi connectivity index (χ1n) is 9.03. The van der Waals surface area contributed by atoms with Crippen LogP contribution in [0.15, 0.2) is 12.1 Å². The molecule has 1 atom stereocenters. The number of hydrogen-bond acceptors (Lipinski definition) is 5. The van der Waals surface area contributed by atoms with Crippen molar-refractivity contribution in [2.75, 3.05) is 31.1 Å². The van der Waals surface area contributed by atoms with Crippen LogP contribution in [0.1, 0.15) is 38.4 Å². The zero-order valence-electron chi connectivity index (χ0n) is 15.4. The number of rotatable bonds is 2. The quantitative estimate of drug-likeness (QED) is 0.829. The maximum atomic E-state index is 12.2. The van der Waals surface area contributed by atoms with Crippen molar-refractivity contribution in [3.63, 3.8) is 0 Å². The van der Waals surface area contributed by atoms with Gasteiger partial charge in [-0.2, -0.15) is 0 Å². The second-order valence-electron chi connectivity index (χ2n) is 7.84. The van der Waals surface area contributed by atoms with Gasteiger partial charge in [0.25, 0.3) is 0 Å². The summed E-state index contributed by atoms with van der Waals surface area (Å²) in [5.74, 6) is 1.00. The van der Waals surface area contributed by atoms with Crippen molar-refractivity contribution in [1.29, 1.82) is 0 Å². The van der Waals surface area contributed by atoms with E-state index >= 15 is 0 Å². The van der Waals surface area contributed by atoms with Gasteiger partial charge in [0.1, 0.15) is 11.4 Å². The van der Waals surface area contributed by atoms with Gasteiger partial charge in [-0.15, -0.1) is 0 Å². The lowest BCUT2D eigenvalue weighted by Crippen LogP contribution is -2.50. The standard InChI is InChI=1S/C18H27BN4O2/c1-18(2,3)25-17(24)23-10-8-22(9-11-23)16-7-4-13-12-14(21-19)5-6-15(13)20-16/h4,7,14,21H,5-6,8-12H2,1-3H3. The van der Waals surface area contributed by atoms with Gasteiger partial charge in [-0.05, 0) is 51.7 Å². The summed E-state index contributed by atoms with van der Waals surface area (Å²) >= 11 is 0. The number of hydrogen-bond donors (Lipinski definition) is 1. The summed E-state index contributed by atoms with van der Waals surface area (Å²) in [5.41, 5.74) is 2.01. The number of nitrogens with one attached hydrogen (secondary N) is 1. The SMILES string of the molecule is [B]NC1CCc2nc(N3CCN(C(=O)OC(C)(C)C)CC3)ccc2C1. The number of piperazine rings is 1. The first-order chi connectivity index (χ1) is 11.9. The van der Waals surface area contributed by atoms with E-state index in [0.29, 0.717) is 19.1 Å². The third-order valence-electron chi connectivity index (χ3n) is 4.74. The highest BCUT2D eigenvalue weighted by molar-refractivity contribution is 6.04. The van der Waals surface area contributed by atoms with Gasteiger partial charge in [-0.1, -0.05) is 6.07 Å². The van der Waals surface area contributed by atoms with Gasteiger partial charge in [-0.3, -0.25) is 0 Å². The molecule has 1 saturated heterocycles. The smallest absolute Gasteiger partial charge is 0.410 e. The van der Waals surface area contributed by atoms with Crippen LogP contribution in [-0.4, -0.2) is 61.8 Å². The summed E-state index contributed by atoms with van der Waals surface area (Å²) in [6.45, 7) is 8.55. The first-order valence-corrected chi connectivity index (χ1v) is 9.03. The van der Waals surface area contributed by atoms with Crippen LogP contribution in [0.25, 0.3) is 0 Å². The summed E-state index contributed by atoms with van der Waals surface area (Å²) in [6.07, 6.45) is 2.68. The van der Waals surface area contributed by atoms with Crippen LogP contribution >= 0.6 is 0 Å². The number of ether oxygens (including phenoxy) is 1. The maximum absolute atomic E-state index is 12.2. The van der Waals surface area contributed by atoms with E-state index in [9.17, 15) is 4.79 Å². The second-order valence-corrected chi connectivity index (χ2v) is 7.84. The molecular weight excluding hydrogens is 315 g/mol. The van der Waals surface area contributed by atoms with Gasteiger partial charge >= 0.3 is 6.09 Å². The van der Waals surface area contributed by atoms with Crippen LogP contribution < -0.4 is 10.1 Å². The normalized spacial score (nSPS) is 21.0. The topological polar surface area (TPSA) is 57.7 Å². The minimum Gasteiger partial charge on any atom is -0.444 e. The molecule has 1 amide bonds. The van der Waals surface area contributed by atoms with Crippen molar-refractivity contribution in [3.8, 4) is 0 Å². The van der Waals surface area contributed by atoms with E-state index in [0.717, 1.165) is 38.2 Å². The van der Waals surface area contributed by atoms with E-state index in [1.165, 1.54) is 11.3 Å². The average Bonchev–Trinajstić information content (AvgIpc) is 2.59. The van der Waals surface area contributed by atoms with Crippen molar-refractivity contribution in [2.24, 2.45) is 0 Å². The van der Waals surface area contributed by atoms with Gasteiger partial charge in [0, 0.05) is 37.9 Å². The van der Waals surface area contributed by atoms with Gasteiger partial charge in [-0.25, -0.2) is 9.78 Å². The molecule has 2 radical (unpaired) electrons. The number of pyridine rings is 1. The lowest BCUT2D eigenvalue weighted by molar-refractivity contribution is 0.0240. The molecule has 1 N–H and O–H groups in total. The molecule has 134 valence electrons. The Kier molecular flexibility index (Phi) is 5.23. The predicted molar refractivity (Wildman–Crippen MR) is 99.0 cm³/mol. The van der Waals surface area contributed by atoms with Crippen molar-refractivity contribution in [2.45, 2.75) is 51.7 Å². The highest BCUT2D eigenvalue weighted by Crippen LogP contribution is 2.24. The Balaban J connectivity index is 1.59. The van der Waals surface area contributed by atoms with E-state index in [1.54, 1.807) is 4.90 Å². The van der Waals surface area contributed by atoms with Crippen molar-refractivity contribution >= 4 is 19.9 Å². The van der Waals surface area contributed by atoms with Crippen LogP contribution in [0.2, 0.25) is 0 Å². The summed E-state index contributed by atoms with van der Waals surface area (Å²) < 4.78 is 5.45. The van der Waals surface area contributed by atoms with Crippen LogP contribution in [0.4, 0.5) is 10.6 Å². The number of anilines is 1. The minimum absolute atomic E-state index is 0.231. The minimum atomic E-state index is -0.454. The number of nitrogens with zero attached hydrogens (tertiary/aromatic N) is 3. The van der Waals surface area contributed by atoms with Crippen LogP contribution in [0.5, 0.6) is 0 Å². The fourth-order valence-electron chi connectivity index (χ4n) is 3.36. The highest BCUT2D eigenvalue weighted by Gasteiger charge is 2.27. The van der Waals surface area contributed by atoms with Gasteiger partial charge in [0.2, 0.25) is 0 Å². The van der Waals surface area contributed by atoms with E-state index in [4.69, 9.17) is 17.7 Å². The summed E-state index contributed by atoms with van der Waals surface area (Å²) in [4.78, 5) is 21.0. The molecule has 1 fully saturated rings. The molecule has 3 rings (SSSR count). The number of carbonyl (C=O) groups excluding carboxylic acids is 1. The molecule has 1 aliphatic carbocycles. The van der Waals surface area contributed by atoms with Gasteiger partial charge in [0.05, 0.1) is 0 Å². The fourth-order valence-corrected chi connectivity index (χ4v) is 3.36. The Hall–Kier alpha value is -1.76. The van der Waals surface area contributed by atoms with E-state index < -0.39 is 5.60 Å². The number of carbonyl (C=O) groups is 1. The van der Waals surface area contributed by atoms with Gasteiger partial charge < -0.3 is 19.8 Å². The molecule has 1 unspecified atom stereocenters. The second kappa shape index (κ2) is 7.24. The van der Waals surface area contributed by atoms with Crippen molar-refractivity contribution < 1.29 is 9.53 Å². The zero-order valence-corrected chi connectivity index (χ0v) is 15.4. The highest BCUT2D eigenvalue weighted by atomic mass is 16.6. The van der Waals surface area contributed by atoms with Crippen molar-refractivity contribution in [1.82, 2.24) is 15.1 Å². The lowest BCUT2D eigenvalue weighted by atomic mass is 9.91. The average molecular weight is 342 g/mol. The molecule has 1 aromatic rings. The molecule has 0 spiro atoms. The lowest BCUT2D eigenvalue weighted by Gasteiger charge is -2.36. The Bertz CT molecular complexity index is 624. The molecule has 0 saturated carbocycles. The Morgan fingerprint density at radius 2 is 2.00 bits per heavy atom. The number of aromatic nitrogens is 1. The third-order valence-corrected chi connectivity index (χ3v) is 4.74. The molecule has 25 heavy (non-hydrogen) atoms. The van der Waals surface area contributed by atoms with E-state index in [2.05, 4.69) is 22.3 Å². The molecule has 1 aliphatic heterocycles. The van der Waals surface area contributed by atoms with E-state index in [-0.39, 0.29) is 6.09 Å². The Morgan fingerprint density at radius 3 is 2.64 bits per heavy atom. The fraction of sp³-hybridized carbons (Fsp3) is 0.667. The number of fused-ring (bicyclic) bond motifs is 1. The monoisotopic (exact) mass is 342 g/mol. The summed E-state index contributed by atoms with van der Waals surface area (Å²) in [7, 11) is 5.56. The summed E-state index contributed by atoms with van der Waals surface area (Å²) in [5, 5.41) is 2.87. The molecule has 1 aromatic heterocycles. The third kappa shape index (κ3) is 4.45. The molecule has 2 heterocycles. The van der Waals surface area contributed by atoms with Gasteiger partial charge in [0.15, 0.2) is 7.98 Å². The Morgan fingerprint density at radius 1 is 1.28 bits per heavy atom. The Labute approximate surface area is 151 Å². The molecule has 6 nitrogen and oxygen atoms in total. The van der Waals surface area contributed by atoms with Crippen molar-refractivity contribution in [3.05, 3.63) is 23.4 Å². The van der Waals surface area contributed by atoms with E-state index in [1.807, 2.05) is 20.8 Å². The molecule has 0 aromatic carbocycles. The van der Waals surface area contributed by atoms with Crippen LogP contribution in [0, 0.1) is 0 Å². The largest absolute Gasteiger partial charge is 0.444 e. The van der Waals surface area contributed by atoms with Crippen LogP contribution in [-0.2, 0) is 17.6 Å². The number of aryl methyl sites for hydroxylation is 1. The zero-order chi connectivity index (χ0) is 18.0. The summed E-state index contributed by atoms with van der Waals surface area (Å²) in [6, 6.07) is 4.60. The maximum Gasteiger partial charge on any atom is 0.410 e.